The summed E-state index contributed by atoms with van der Waals surface area (Å²) in [6, 6.07) is 8.10. The first kappa shape index (κ1) is 15.7. The van der Waals surface area contributed by atoms with Gasteiger partial charge in [0.1, 0.15) is 6.04 Å². The Morgan fingerprint density at radius 1 is 1.10 bits per heavy atom. The topological polar surface area (TPSA) is 45.5 Å². The van der Waals surface area contributed by atoms with Crippen LogP contribution in [0.1, 0.15) is 44.7 Å². The van der Waals surface area contributed by atoms with Gasteiger partial charge in [0.05, 0.1) is 19.3 Å². The summed E-state index contributed by atoms with van der Waals surface area (Å²) in [5, 5.41) is 9.56. The highest BCUT2D eigenvalue weighted by Gasteiger charge is 2.23. The van der Waals surface area contributed by atoms with Crippen molar-refractivity contribution in [1.29, 1.82) is 5.26 Å². The molecule has 1 unspecified atom stereocenters. The number of nitriles is 1. The van der Waals surface area contributed by atoms with Crippen LogP contribution in [-0.4, -0.2) is 31.2 Å². The minimum atomic E-state index is -0.194. The molecule has 0 N–H and O–H groups in total. The number of piperidine rings is 1. The molecule has 1 heterocycles. The van der Waals surface area contributed by atoms with Crippen molar-refractivity contribution in [2.75, 3.05) is 26.3 Å². The quantitative estimate of drug-likeness (QED) is 0.803. The minimum absolute atomic E-state index is 0.194. The van der Waals surface area contributed by atoms with Gasteiger partial charge in [-0.1, -0.05) is 12.5 Å². The van der Waals surface area contributed by atoms with E-state index < -0.39 is 0 Å². The van der Waals surface area contributed by atoms with Crippen molar-refractivity contribution in [3.63, 3.8) is 0 Å². The average molecular weight is 288 g/mol. The average Bonchev–Trinajstić information content (AvgIpc) is 2.52. The second-order valence-corrected chi connectivity index (χ2v) is 5.20. The van der Waals surface area contributed by atoms with E-state index in [0.717, 1.165) is 30.2 Å². The lowest BCUT2D eigenvalue weighted by Crippen LogP contribution is -2.33. The van der Waals surface area contributed by atoms with Crippen LogP contribution < -0.4 is 9.47 Å². The fourth-order valence-corrected chi connectivity index (χ4v) is 2.78. The molecule has 0 spiro atoms. The molecule has 1 aromatic carbocycles. The number of likely N-dealkylation sites (tertiary alicyclic amines) is 1. The highest BCUT2D eigenvalue weighted by molar-refractivity contribution is 5.45. The Balaban J connectivity index is 2.24. The normalized spacial score (nSPS) is 17.0. The Hall–Kier alpha value is -1.73. The third-order valence-electron chi connectivity index (χ3n) is 3.76. The number of hydrogen-bond donors (Lipinski definition) is 0. The summed E-state index contributed by atoms with van der Waals surface area (Å²) in [5.74, 6) is 1.48. The Kier molecular flexibility index (Phi) is 5.89. The van der Waals surface area contributed by atoms with Gasteiger partial charge in [0.25, 0.3) is 0 Å². The molecule has 0 saturated carbocycles. The second kappa shape index (κ2) is 7.90. The van der Waals surface area contributed by atoms with Crippen molar-refractivity contribution in [2.24, 2.45) is 0 Å². The van der Waals surface area contributed by atoms with E-state index in [1.54, 1.807) is 0 Å². The summed E-state index contributed by atoms with van der Waals surface area (Å²) in [5.41, 5.74) is 0.992. The van der Waals surface area contributed by atoms with Gasteiger partial charge in [0.2, 0.25) is 0 Å². The van der Waals surface area contributed by atoms with Gasteiger partial charge in [-0.3, -0.25) is 4.90 Å². The van der Waals surface area contributed by atoms with Gasteiger partial charge in [-0.25, -0.2) is 0 Å². The first-order chi connectivity index (χ1) is 10.3. The molecule has 0 bridgehead atoms. The van der Waals surface area contributed by atoms with Crippen LogP contribution in [0.25, 0.3) is 0 Å². The molecule has 0 aromatic heterocycles. The first-order valence-corrected chi connectivity index (χ1v) is 7.83. The van der Waals surface area contributed by atoms with Crippen LogP contribution >= 0.6 is 0 Å². The lowest BCUT2D eigenvalue weighted by Gasteiger charge is -2.31. The van der Waals surface area contributed by atoms with Crippen molar-refractivity contribution >= 4 is 0 Å². The molecule has 1 saturated heterocycles. The number of benzene rings is 1. The summed E-state index contributed by atoms with van der Waals surface area (Å²) in [6.07, 6.45) is 3.61. The maximum atomic E-state index is 9.56. The van der Waals surface area contributed by atoms with E-state index in [0.29, 0.717) is 13.2 Å². The Morgan fingerprint density at radius 2 is 1.76 bits per heavy atom. The van der Waals surface area contributed by atoms with E-state index >= 15 is 0 Å². The molecular formula is C17H24N2O2. The van der Waals surface area contributed by atoms with Crippen LogP contribution in [0.4, 0.5) is 0 Å². The maximum Gasteiger partial charge on any atom is 0.161 e. The largest absolute Gasteiger partial charge is 0.490 e. The van der Waals surface area contributed by atoms with E-state index in [4.69, 9.17) is 9.47 Å². The fraction of sp³-hybridized carbons (Fsp3) is 0.588. The molecule has 4 heteroatoms. The smallest absolute Gasteiger partial charge is 0.161 e. The summed E-state index contributed by atoms with van der Waals surface area (Å²) >= 11 is 0. The zero-order chi connectivity index (χ0) is 15.1. The Labute approximate surface area is 127 Å². The molecule has 1 fully saturated rings. The van der Waals surface area contributed by atoms with Crippen LogP contribution in [0.2, 0.25) is 0 Å². The zero-order valence-corrected chi connectivity index (χ0v) is 13.0. The highest BCUT2D eigenvalue weighted by Crippen LogP contribution is 2.33. The van der Waals surface area contributed by atoms with E-state index in [9.17, 15) is 5.26 Å². The zero-order valence-electron chi connectivity index (χ0n) is 13.0. The Bertz CT molecular complexity index is 490. The van der Waals surface area contributed by atoms with Gasteiger partial charge >= 0.3 is 0 Å². The fourth-order valence-electron chi connectivity index (χ4n) is 2.78. The predicted molar refractivity (Wildman–Crippen MR) is 82.6 cm³/mol. The Morgan fingerprint density at radius 3 is 2.38 bits per heavy atom. The molecule has 4 nitrogen and oxygen atoms in total. The van der Waals surface area contributed by atoms with Crippen molar-refractivity contribution in [1.82, 2.24) is 4.90 Å². The summed E-state index contributed by atoms with van der Waals surface area (Å²) in [4.78, 5) is 2.26. The monoisotopic (exact) mass is 288 g/mol. The number of hydrogen-bond acceptors (Lipinski definition) is 4. The van der Waals surface area contributed by atoms with E-state index in [1.807, 2.05) is 32.0 Å². The molecule has 0 aliphatic carbocycles. The molecular weight excluding hydrogens is 264 g/mol. The van der Waals surface area contributed by atoms with Gasteiger partial charge < -0.3 is 9.47 Å². The number of rotatable bonds is 6. The molecule has 21 heavy (non-hydrogen) atoms. The minimum Gasteiger partial charge on any atom is -0.490 e. The second-order valence-electron chi connectivity index (χ2n) is 5.20. The third-order valence-corrected chi connectivity index (χ3v) is 3.76. The SMILES string of the molecule is CCOc1ccc(C(C#N)N2CCCCC2)cc1OCC. The van der Waals surface area contributed by atoms with Crippen molar-refractivity contribution in [3.8, 4) is 17.6 Å². The summed E-state index contributed by atoms with van der Waals surface area (Å²) < 4.78 is 11.2. The van der Waals surface area contributed by atoms with Crippen LogP contribution in [0.15, 0.2) is 18.2 Å². The third kappa shape index (κ3) is 3.89. The standard InChI is InChI=1S/C17H24N2O2/c1-3-20-16-9-8-14(12-17(16)21-4-2)15(13-18)19-10-6-5-7-11-19/h8-9,12,15H,3-7,10-11H2,1-2H3. The van der Waals surface area contributed by atoms with Crippen molar-refractivity contribution in [3.05, 3.63) is 23.8 Å². The lowest BCUT2D eigenvalue weighted by atomic mass is 10.0. The molecule has 1 atom stereocenters. The van der Waals surface area contributed by atoms with E-state index in [-0.39, 0.29) is 6.04 Å². The summed E-state index contributed by atoms with van der Waals surface area (Å²) in [7, 11) is 0. The predicted octanol–water partition coefficient (Wildman–Crippen LogP) is 3.53. The van der Waals surface area contributed by atoms with Crippen molar-refractivity contribution in [2.45, 2.75) is 39.2 Å². The molecule has 0 radical (unpaired) electrons. The van der Waals surface area contributed by atoms with Gasteiger partial charge in [-0.15, -0.1) is 0 Å². The molecule has 1 aliphatic heterocycles. The van der Waals surface area contributed by atoms with E-state index in [2.05, 4.69) is 11.0 Å². The van der Waals surface area contributed by atoms with Crippen LogP contribution in [0.5, 0.6) is 11.5 Å². The molecule has 0 amide bonds. The van der Waals surface area contributed by atoms with Gasteiger partial charge in [-0.2, -0.15) is 5.26 Å². The van der Waals surface area contributed by atoms with Gasteiger partial charge in [0.15, 0.2) is 11.5 Å². The summed E-state index contributed by atoms with van der Waals surface area (Å²) in [6.45, 7) is 7.09. The molecule has 114 valence electrons. The first-order valence-electron chi connectivity index (χ1n) is 7.83. The van der Waals surface area contributed by atoms with Crippen molar-refractivity contribution < 1.29 is 9.47 Å². The lowest BCUT2D eigenvalue weighted by molar-refractivity contribution is 0.195. The number of ether oxygens (including phenoxy) is 2. The molecule has 1 aliphatic rings. The van der Waals surface area contributed by atoms with Gasteiger partial charge in [0, 0.05) is 0 Å². The van der Waals surface area contributed by atoms with Gasteiger partial charge in [-0.05, 0) is 57.5 Å². The van der Waals surface area contributed by atoms with Crippen LogP contribution in [0.3, 0.4) is 0 Å². The number of nitrogens with zero attached hydrogens (tertiary/aromatic N) is 2. The van der Waals surface area contributed by atoms with Crippen LogP contribution in [-0.2, 0) is 0 Å². The molecule has 2 rings (SSSR count). The van der Waals surface area contributed by atoms with E-state index in [1.165, 1.54) is 19.3 Å². The molecule has 1 aromatic rings. The highest BCUT2D eigenvalue weighted by atomic mass is 16.5. The van der Waals surface area contributed by atoms with Crippen LogP contribution in [0, 0.1) is 11.3 Å². The maximum absolute atomic E-state index is 9.56.